The molecular weight excluding hydrogens is 132 g/mol. The highest BCUT2D eigenvalue weighted by atomic mass is 14.2. The average Bonchev–Trinajstić information content (AvgIpc) is 2.04. The second-order valence-electron chi connectivity index (χ2n) is 3.60. The molecule has 0 aliphatic heterocycles. The summed E-state index contributed by atoms with van der Waals surface area (Å²) in [5.74, 6) is 1.60. The van der Waals surface area contributed by atoms with Crippen molar-refractivity contribution in [3.63, 3.8) is 0 Å². The third-order valence-electron chi connectivity index (χ3n) is 2.59. The number of fused-ring (bicyclic) bond motifs is 1. The molecule has 0 heterocycles. The third kappa shape index (κ3) is 1.30. The maximum Gasteiger partial charge on any atom is -0.0122 e. The predicted molar refractivity (Wildman–Crippen MR) is 48.3 cm³/mol. The molecule has 2 rings (SSSR count). The Morgan fingerprint density at radius 1 is 1.45 bits per heavy atom. The number of allylic oxidation sites excluding steroid dienone is 6. The molecular formula is C11H14. The van der Waals surface area contributed by atoms with E-state index in [0.29, 0.717) is 0 Å². The van der Waals surface area contributed by atoms with Crippen LogP contribution < -0.4 is 0 Å². The lowest BCUT2D eigenvalue weighted by atomic mass is 9.80. The van der Waals surface area contributed by atoms with Gasteiger partial charge in [0.25, 0.3) is 0 Å². The van der Waals surface area contributed by atoms with Crippen molar-refractivity contribution in [1.29, 1.82) is 0 Å². The maximum absolute atomic E-state index is 2.32. The molecule has 11 heavy (non-hydrogen) atoms. The molecule has 0 saturated heterocycles. The SMILES string of the molecule is CC1C=CC2=CC=CCC2C1. The molecule has 0 nitrogen and oxygen atoms in total. The van der Waals surface area contributed by atoms with Crippen molar-refractivity contribution < 1.29 is 0 Å². The zero-order valence-corrected chi connectivity index (χ0v) is 6.96. The minimum absolute atomic E-state index is 0.781. The van der Waals surface area contributed by atoms with Crippen LogP contribution in [0.2, 0.25) is 0 Å². The van der Waals surface area contributed by atoms with Gasteiger partial charge >= 0.3 is 0 Å². The molecule has 0 aromatic heterocycles. The third-order valence-corrected chi connectivity index (χ3v) is 2.59. The molecule has 0 bridgehead atoms. The zero-order chi connectivity index (χ0) is 7.68. The minimum atomic E-state index is 0.781. The highest BCUT2D eigenvalue weighted by Crippen LogP contribution is 2.32. The van der Waals surface area contributed by atoms with Crippen LogP contribution in [0.25, 0.3) is 0 Å². The monoisotopic (exact) mass is 146 g/mol. The van der Waals surface area contributed by atoms with Crippen molar-refractivity contribution >= 4 is 0 Å². The van der Waals surface area contributed by atoms with E-state index >= 15 is 0 Å². The summed E-state index contributed by atoms with van der Waals surface area (Å²) in [6.07, 6.45) is 13.9. The molecule has 2 unspecified atom stereocenters. The fraction of sp³-hybridized carbons (Fsp3) is 0.455. The maximum atomic E-state index is 2.32. The van der Waals surface area contributed by atoms with Gasteiger partial charge in [-0.05, 0) is 30.3 Å². The lowest BCUT2D eigenvalue weighted by Gasteiger charge is -2.25. The molecule has 0 radical (unpaired) electrons. The van der Waals surface area contributed by atoms with Gasteiger partial charge in [-0.15, -0.1) is 0 Å². The van der Waals surface area contributed by atoms with Gasteiger partial charge in [0, 0.05) is 0 Å². The second-order valence-corrected chi connectivity index (χ2v) is 3.60. The summed E-state index contributed by atoms with van der Waals surface area (Å²) < 4.78 is 0. The molecule has 2 aliphatic carbocycles. The Morgan fingerprint density at radius 2 is 2.36 bits per heavy atom. The molecule has 0 N–H and O–H groups in total. The van der Waals surface area contributed by atoms with E-state index < -0.39 is 0 Å². The summed E-state index contributed by atoms with van der Waals surface area (Å²) in [5.41, 5.74) is 1.53. The quantitative estimate of drug-likeness (QED) is 0.492. The van der Waals surface area contributed by atoms with Crippen LogP contribution in [-0.4, -0.2) is 0 Å². The normalized spacial score (nSPS) is 34.8. The van der Waals surface area contributed by atoms with Crippen LogP contribution in [-0.2, 0) is 0 Å². The second kappa shape index (κ2) is 2.69. The fourth-order valence-corrected chi connectivity index (χ4v) is 1.92. The molecule has 0 heteroatoms. The van der Waals surface area contributed by atoms with E-state index in [1.165, 1.54) is 18.4 Å². The van der Waals surface area contributed by atoms with Crippen LogP contribution in [0.3, 0.4) is 0 Å². The fourth-order valence-electron chi connectivity index (χ4n) is 1.92. The van der Waals surface area contributed by atoms with Crippen molar-refractivity contribution in [3.05, 3.63) is 36.0 Å². The van der Waals surface area contributed by atoms with E-state index in [2.05, 4.69) is 37.3 Å². The lowest BCUT2D eigenvalue weighted by Crippen LogP contribution is -2.12. The van der Waals surface area contributed by atoms with Crippen molar-refractivity contribution in [2.24, 2.45) is 11.8 Å². The average molecular weight is 146 g/mol. The highest BCUT2D eigenvalue weighted by molar-refractivity contribution is 5.32. The molecule has 2 aliphatic rings. The Morgan fingerprint density at radius 3 is 3.27 bits per heavy atom. The Balaban J connectivity index is 2.24. The summed E-state index contributed by atoms with van der Waals surface area (Å²) in [6.45, 7) is 2.30. The first-order valence-electron chi connectivity index (χ1n) is 4.41. The molecule has 0 aromatic carbocycles. The van der Waals surface area contributed by atoms with Crippen LogP contribution in [0.15, 0.2) is 36.0 Å². The zero-order valence-electron chi connectivity index (χ0n) is 6.96. The molecule has 58 valence electrons. The lowest BCUT2D eigenvalue weighted by molar-refractivity contribution is 0.480. The first kappa shape index (κ1) is 6.90. The van der Waals surface area contributed by atoms with E-state index in [9.17, 15) is 0 Å². The number of hydrogen-bond acceptors (Lipinski definition) is 0. The van der Waals surface area contributed by atoms with Gasteiger partial charge < -0.3 is 0 Å². The molecule has 0 amide bonds. The Kier molecular flexibility index (Phi) is 1.69. The first-order valence-corrected chi connectivity index (χ1v) is 4.41. The molecule has 0 fully saturated rings. The largest absolute Gasteiger partial charge is 0.0839 e. The van der Waals surface area contributed by atoms with Gasteiger partial charge in [0.15, 0.2) is 0 Å². The number of rotatable bonds is 0. The van der Waals surface area contributed by atoms with E-state index in [4.69, 9.17) is 0 Å². The molecule has 2 atom stereocenters. The summed E-state index contributed by atoms with van der Waals surface area (Å²) in [7, 11) is 0. The van der Waals surface area contributed by atoms with Gasteiger partial charge in [-0.3, -0.25) is 0 Å². The summed E-state index contributed by atoms with van der Waals surface area (Å²) in [5, 5.41) is 0. The van der Waals surface area contributed by atoms with Crippen molar-refractivity contribution in [2.75, 3.05) is 0 Å². The van der Waals surface area contributed by atoms with Gasteiger partial charge in [0.2, 0.25) is 0 Å². The van der Waals surface area contributed by atoms with E-state index in [1.54, 1.807) is 0 Å². The predicted octanol–water partition coefficient (Wildman–Crippen LogP) is 3.08. The Hall–Kier alpha value is -0.780. The first-order chi connectivity index (χ1) is 5.36. The van der Waals surface area contributed by atoms with E-state index in [1.807, 2.05) is 0 Å². The minimum Gasteiger partial charge on any atom is -0.0839 e. The van der Waals surface area contributed by atoms with Gasteiger partial charge in [0.1, 0.15) is 0 Å². The van der Waals surface area contributed by atoms with Crippen LogP contribution >= 0.6 is 0 Å². The smallest absolute Gasteiger partial charge is 0.0122 e. The standard InChI is InChI=1S/C11H14/c1-9-6-7-10-4-2-3-5-11(10)8-9/h2-4,6-7,9,11H,5,8H2,1H3. The summed E-state index contributed by atoms with van der Waals surface area (Å²) in [6, 6.07) is 0. The Labute approximate surface area is 68.3 Å². The van der Waals surface area contributed by atoms with Gasteiger partial charge in [-0.2, -0.15) is 0 Å². The molecule has 0 saturated carbocycles. The molecule has 0 aromatic rings. The van der Waals surface area contributed by atoms with Crippen LogP contribution in [0.4, 0.5) is 0 Å². The van der Waals surface area contributed by atoms with Crippen molar-refractivity contribution in [3.8, 4) is 0 Å². The van der Waals surface area contributed by atoms with Gasteiger partial charge in [-0.25, -0.2) is 0 Å². The summed E-state index contributed by atoms with van der Waals surface area (Å²) in [4.78, 5) is 0. The number of hydrogen-bond donors (Lipinski definition) is 0. The van der Waals surface area contributed by atoms with Gasteiger partial charge in [0.05, 0.1) is 0 Å². The van der Waals surface area contributed by atoms with Gasteiger partial charge in [-0.1, -0.05) is 37.3 Å². The van der Waals surface area contributed by atoms with E-state index in [-0.39, 0.29) is 0 Å². The Bertz CT molecular complexity index is 230. The topological polar surface area (TPSA) is 0 Å². The van der Waals surface area contributed by atoms with Crippen LogP contribution in [0.1, 0.15) is 19.8 Å². The summed E-state index contributed by atoms with van der Waals surface area (Å²) >= 11 is 0. The van der Waals surface area contributed by atoms with Crippen molar-refractivity contribution in [2.45, 2.75) is 19.8 Å². The molecule has 0 spiro atoms. The van der Waals surface area contributed by atoms with Crippen molar-refractivity contribution in [1.82, 2.24) is 0 Å². The van der Waals surface area contributed by atoms with Crippen LogP contribution in [0, 0.1) is 11.8 Å². The van der Waals surface area contributed by atoms with Crippen LogP contribution in [0.5, 0.6) is 0 Å². The highest BCUT2D eigenvalue weighted by Gasteiger charge is 2.18. The van der Waals surface area contributed by atoms with E-state index in [0.717, 1.165) is 11.8 Å².